The number of ether oxygens (including phenoxy) is 1. The largest absolute Gasteiger partial charge is 0.481 e. The molecule has 0 aromatic carbocycles. The van der Waals surface area contributed by atoms with Crippen LogP contribution in [0, 0.1) is 0 Å². The Morgan fingerprint density at radius 1 is 1.41 bits per heavy atom. The van der Waals surface area contributed by atoms with Crippen molar-refractivity contribution in [2.75, 3.05) is 20.2 Å². The maximum atomic E-state index is 8.68. The molecular formula is C12H17N3O2. The van der Waals surface area contributed by atoms with Gasteiger partial charge >= 0.3 is 0 Å². The van der Waals surface area contributed by atoms with Crippen LogP contribution in [0.5, 0.6) is 5.88 Å². The molecule has 0 atom stereocenters. The number of oxime groups is 1. The molecule has 2 rings (SSSR count). The van der Waals surface area contributed by atoms with Gasteiger partial charge in [0.05, 0.1) is 18.5 Å². The Balaban J connectivity index is 1.93. The highest BCUT2D eigenvalue weighted by Crippen LogP contribution is 2.13. The summed E-state index contributed by atoms with van der Waals surface area (Å²) in [6.07, 6.45) is 1.67. The SMILES string of the molecule is COc1cccc(CN2CCC(=NO)CC2)n1. The molecular weight excluding hydrogens is 218 g/mol. The van der Waals surface area contributed by atoms with Crippen molar-refractivity contribution in [2.24, 2.45) is 5.16 Å². The Labute approximate surface area is 101 Å². The van der Waals surface area contributed by atoms with Gasteiger partial charge in [0.1, 0.15) is 0 Å². The van der Waals surface area contributed by atoms with Crippen molar-refractivity contribution in [3.05, 3.63) is 23.9 Å². The van der Waals surface area contributed by atoms with Gasteiger partial charge in [-0.05, 0) is 6.07 Å². The average molecular weight is 235 g/mol. The highest BCUT2D eigenvalue weighted by atomic mass is 16.5. The maximum absolute atomic E-state index is 8.68. The van der Waals surface area contributed by atoms with Crippen molar-refractivity contribution in [2.45, 2.75) is 19.4 Å². The third kappa shape index (κ3) is 3.17. The van der Waals surface area contributed by atoms with Gasteiger partial charge in [0, 0.05) is 38.5 Å². The lowest BCUT2D eigenvalue weighted by atomic mass is 10.1. The van der Waals surface area contributed by atoms with Crippen LogP contribution in [0.25, 0.3) is 0 Å². The molecule has 1 saturated heterocycles. The molecule has 0 radical (unpaired) electrons. The molecule has 5 nitrogen and oxygen atoms in total. The van der Waals surface area contributed by atoms with Crippen LogP contribution < -0.4 is 4.74 Å². The van der Waals surface area contributed by atoms with Crippen molar-refractivity contribution in [3.63, 3.8) is 0 Å². The minimum Gasteiger partial charge on any atom is -0.481 e. The lowest BCUT2D eigenvalue weighted by Crippen LogP contribution is -2.33. The molecule has 0 unspecified atom stereocenters. The van der Waals surface area contributed by atoms with E-state index in [4.69, 9.17) is 9.94 Å². The second-order valence-corrected chi connectivity index (χ2v) is 4.11. The van der Waals surface area contributed by atoms with E-state index in [0.717, 1.165) is 43.9 Å². The van der Waals surface area contributed by atoms with Crippen LogP contribution in [0.4, 0.5) is 0 Å². The van der Waals surface area contributed by atoms with Crippen LogP contribution in [-0.4, -0.2) is 41.0 Å². The van der Waals surface area contributed by atoms with Gasteiger partial charge in [0.2, 0.25) is 5.88 Å². The van der Waals surface area contributed by atoms with Gasteiger partial charge in [-0.2, -0.15) is 0 Å². The molecule has 0 saturated carbocycles. The number of pyridine rings is 1. The molecule has 0 aliphatic carbocycles. The zero-order valence-electron chi connectivity index (χ0n) is 9.96. The smallest absolute Gasteiger partial charge is 0.213 e. The molecule has 5 heteroatoms. The molecule has 0 bridgehead atoms. The van der Waals surface area contributed by atoms with E-state index in [1.54, 1.807) is 7.11 Å². The number of methoxy groups -OCH3 is 1. The van der Waals surface area contributed by atoms with E-state index in [9.17, 15) is 0 Å². The van der Waals surface area contributed by atoms with Gasteiger partial charge in [0.15, 0.2) is 0 Å². The van der Waals surface area contributed by atoms with Gasteiger partial charge in [0.25, 0.3) is 0 Å². The number of rotatable bonds is 3. The number of aromatic nitrogens is 1. The number of piperidine rings is 1. The van der Waals surface area contributed by atoms with Gasteiger partial charge in [-0.25, -0.2) is 4.98 Å². The molecule has 0 amide bonds. The zero-order chi connectivity index (χ0) is 12.1. The molecule has 1 fully saturated rings. The molecule has 1 aliphatic heterocycles. The number of likely N-dealkylation sites (tertiary alicyclic amines) is 1. The molecule has 1 aromatic heterocycles. The summed E-state index contributed by atoms with van der Waals surface area (Å²) in [6, 6.07) is 5.79. The Morgan fingerprint density at radius 2 is 2.18 bits per heavy atom. The first-order valence-corrected chi connectivity index (χ1v) is 5.74. The molecule has 1 aromatic rings. The van der Waals surface area contributed by atoms with Crippen LogP contribution in [0.3, 0.4) is 0 Å². The second-order valence-electron chi connectivity index (χ2n) is 4.11. The fraction of sp³-hybridized carbons (Fsp3) is 0.500. The van der Waals surface area contributed by atoms with Gasteiger partial charge < -0.3 is 9.94 Å². The van der Waals surface area contributed by atoms with Crippen LogP contribution in [0.1, 0.15) is 18.5 Å². The van der Waals surface area contributed by atoms with Crippen molar-refractivity contribution in [1.82, 2.24) is 9.88 Å². The molecule has 92 valence electrons. The average Bonchev–Trinajstić information content (AvgIpc) is 2.40. The van der Waals surface area contributed by atoms with Gasteiger partial charge in [-0.15, -0.1) is 0 Å². The summed E-state index contributed by atoms with van der Waals surface area (Å²) in [4.78, 5) is 6.68. The van der Waals surface area contributed by atoms with E-state index in [1.807, 2.05) is 18.2 Å². The normalized spacial score (nSPS) is 16.9. The quantitative estimate of drug-likeness (QED) is 0.637. The maximum Gasteiger partial charge on any atom is 0.213 e. The summed E-state index contributed by atoms with van der Waals surface area (Å²) >= 11 is 0. The minimum absolute atomic E-state index is 0.650. The predicted octanol–water partition coefficient (Wildman–Crippen LogP) is 1.52. The number of hydrogen-bond acceptors (Lipinski definition) is 5. The van der Waals surface area contributed by atoms with E-state index < -0.39 is 0 Å². The Bertz CT molecular complexity index is 396. The number of nitrogens with zero attached hydrogens (tertiary/aromatic N) is 3. The molecule has 17 heavy (non-hydrogen) atoms. The van der Waals surface area contributed by atoms with Gasteiger partial charge in [-0.3, -0.25) is 4.90 Å². The Kier molecular flexibility index (Phi) is 3.93. The summed E-state index contributed by atoms with van der Waals surface area (Å²) in [5, 5.41) is 11.9. The molecule has 1 aliphatic rings. The van der Waals surface area contributed by atoms with E-state index in [0.29, 0.717) is 5.88 Å². The standard InChI is InChI=1S/C12H17N3O2/c1-17-12-4-2-3-11(13-12)9-15-7-5-10(14-16)6-8-15/h2-4,16H,5-9H2,1H3. The molecule has 1 N–H and O–H groups in total. The lowest BCUT2D eigenvalue weighted by Gasteiger charge is -2.26. The summed E-state index contributed by atoms with van der Waals surface area (Å²) in [6.45, 7) is 2.65. The van der Waals surface area contributed by atoms with Crippen LogP contribution in [0.2, 0.25) is 0 Å². The number of hydrogen-bond donors (Lipinski definition) is 1. The summed E-state index contributed by atoms with van der Waals surface area (Å²) in [5.74, 6) is 0.650. The molecule has 2 heterocycles. The Morgan fingerprint density at radius 3 is 2.82 bits per heavy atom. The summed E-state index contributed by atoms with van der Waals surface area (Å²) in [7, 11) is 1.62. The highest BCUT2D eigenvalue weighted by Gasteiger charge is 2.15. The highest BCUT2D eigenvalue weighted by molar-refractivity contribution is 5.84. The van der Waals surface area contributed by atoms with E-state index >= 15 is 0 Å². The first-order valence-electron chi connectivity index (χ1n) is 5.74. The first-order chi connectivity index (χ1) is 8.31. The van der Waals surface area contributed by atoms with Crippen LogP contribution >= 0.6 is 0 Å². The van der Waals surface area contributed by atoms with E-state index in [1.165, 1.54) is 0 Å². The van der Waals surface area contributed by atoms with Crippen molar-refractivity contribution in [1.29, 1.82) is 0 Å². The van der Waals surface area contributed by atoms with E-state index in [-0.39, 0.29) is 0 Å². The third-order valence-electron chi connectivity index (χ3n) is 2.95. The molecule has 0 spiro atoms. The Hall–Kier alpha value is -1.62. The zero-order valence-corrected chi connectivity index (χ0v) is 9.96. The van der Waals surface area contributed by atoms with Crippen molar-refractivity contribution in [3.8, 4) is 5.88 Å². The van der Waals surface area contributed by atoms with Crippen molar-refractivity contribution < 1.29 is 9.94 Å². The summed E-state index contributed by atoms with van der Waals surface area (Å²) < 4.78 is 5.10. The lowest BCUT2D eigenvalue weighted by molar-refractivity contribution is 0.252. The second kappa shape index (κ2) is 5.63. The van der Waals surface area contributed by atoms with Crippen LogP contribution in [-0.2, 0) is 6.54 Å². The van der Waals surface area contributed by atoms with Gasteiger partial charge in [-0.1, -0.05) is 11.2 Å². The topological polar surface area (TPSA) is 58.0 Å². The first kappa shape index (κ1) is 11.9. The minimum atomic E-state index is 0.650. The predicted molar refractivity (Wildman–Crippen MR) is 64.5 cm³/mol. The third-order valence-corrected chi connectivity index (χ3v) is 2.95. The fourth-order valence-corrected chi connectivity index (χ4v) is 1.96. The van der Waals surface area contributed by atoms with Crippen LogP contribution in [0.15, 0.2) is 23.4 Å². The summed E-state index contributed by atoms with van der Waals surface area (Å²) in [5.41, 5.74) is 1.90. The van der Waals surface area contributed by atoms with Crippen molar-refractivity contribution >= 4 is 5.71 Å². The monoisotopic (exact) mass is 235 g/mol. The van der Waals surface area contributed by atoms with E-state index in [2.05, 4.69) is 15.0 Å². The fourth-order valence-electron chi connectivity index (χ4n) is 1.96.